The fourth-order valence-electron chi connectivity index (χ4n) is 3.24. The average molecular weight is 338 g/mol. The number of thiophene rings is 1. The molecule has 1 fully saturated rings. The van der Waals surface area contributed by atoms with E-state index in [0.29, 0.717) is 10.6 Å². The van der Waals surface area contributed by atoms with Crippen molar-refractivity contribution in [3.63, 3.8) is 0 Å². The second kappa shape index (κ2) is 5.79. The molecule has 24 heavy (non-hydrogen) atoms. The van der Waals surface area contributed by atoms with Crippen LogP contribution in [0, 0.1) is 0 Å². The Labute approximate surface area is 143 Å². The molecule has 6 heteroatoms. The van der Waals surface area contributed by atoms with Crippen LogP contribution in [0.3, 0.4) is 0 Å². The smallest absolute Gasteiger partial charge is 0.260 e. The van der Waals surface area contributed by atoms with Crippen LogP contribution in [0.2, 0.25) is 0 Å². The van der Waals surface area contributed by atoms with Crippen LogP contribution in [-0.4, -0.2) is 24.0 Å². The lowest BCUT2D eigenvalue weighted by Crippen LogP contribution is -2.18. The molecule has 1 saturated heterocycles. The summed E-state index contributed by atoms with van der Waals surface area (Å²) in [6.07, 6.45) is 2.36. The minimum absolute atomic E-state index is 0.383. The second-order valence-electron chi connectivity index (χ2n) is 5.98. The predicted octanol–water partition coefficient (Wildman–Crippen LogP) is 3.24. The second-order valence-corrected chi connectivity index (χ2v) is 6.98. The van der Waals surface area contributed by atoms with Gasteiger partial charge in [-0.3, -0.25) is 4.79 Å². The van der Waals surface area contributed by atoms with E-state index in [4.69, 9.17) is 16.5 Å². The highest BCUT2D eigenvalue weighted by Gasteiger charge is 2.22. The number of rotatable bonds is 3. The van der Waals surface area contributed by atoms with Crippen molar-refractivity contribution in [2.75, 3.05) is 23.7 Å². The van der Waals surface area contributed by atoms with Crippen LogP contribution in [0.15, 0.2) is 36.4 Å². The lowest BCUT2D eigenvalue weighted by atomic mass is 10.0. The Kier molecular flexibility index (Phi) is 3.61. The van der Waals surface area contributed by atoms with Gasteiger partial charge in [-0.1, -0.05) is 30.3 Å². The highest BCUT2D eigenvalue weighted by Crippen LogP contribution is 2.41. The largest absolute Gasteiger partial charge is 0.397 e. The number of nitrogens with two attached hydrogens (primary N) is 2. The van der Waals surface area contributed by atoms with Gasteiger partial charge in [-0.2, -0.15) is 0 Å². The number of primary amides is 1. The normalized spacial score (nSPS) is 14.4. The van der Waals surface area contributed by atoms with Gasteiger partial charge in [-0.05, 0) is 30.0 Å². The summed E-state index contributed by atoms with van der Waals surface area (Å²) in [4.78, 5) is 19.9. The standard InChI is InChI=1S/C18H18N4OS/c19-15-14-12(11-6-2-1-3-7-11)10-13(22-8-4-5-9-22)21-18(14)24-16(15)17(20)23/h1-3,6-7,10H,4-5,8-9,19H2,(H2,20,23). The number of amides is 1. The minimum Gasteiger partial charge on any atom is -0.397 e. The van der Waals surface area contributed by atoms with E-state index in [1.807, 2.05) is 30.3 Å². The molecule has 2 aromatic heterocycles. The van der Waals surface area contributed by atoms with E-state index < -0.39 is 5.91 Å². The van der Waals surface area contributed by atoms with Gasteiger partial charge in [0.1, 0.15) is 15.5 Å². The highest BCUT2D eigenvalue weighted by molar-refractivity contribution is 7.21. The Morgan fingerprint density at radius 2 is 1.88 bits per heavy atom. The molecule has 1 amide bonds. The maximum atomic E-state index is 11.7. The van der Waals surface area contributed by atoms with Crippen LogP contribution < -0.4 is 16.4 Å². The van der Waals surface area contributed by atoms with E-state index in [9.17, 15) is 4.79 Å². The first-order valence-electron chi connectivity index (χ1n) is 7.98. The third-order valence-corrected chi connectivity index (χ3v) is 5.54. The number of benzene rings is 1. The van der Waals surface area contributed by atoms with E-state index in [2.05, 4.69) is 11.0 Å². The molecule has 0 bridgehead atoms. The molecule has 4 rings (SSSR count). The summed E-state index contributed by atoms with van der Waals surface area (Å²) in [6, 6.07) is 12.1. The quantitative estimate of drug-likeness (QED) is 0.768. The maximum absolute atomic E-state index is 11.7. The van der Waals surface area contributed by atoms with Crippen LogP contribution in [0.25, 0.3) is 21.3 Å². The first-order chi connectivity index (χ1) is 11.6. The summed E-state index contributed by atoms with van der Waals surface area (Å²) in [7, 11) is 0. The molecular weight excluding hydrogens is 320 g/mol. The fraction of sp³-hybridized carbons (Fsp3) is 0.222. The number of anilines is 2. The Morgan fingerprint density at radius 1 is 1.17 bits per heavy atom. The van der Waals surface area contributed by atoms with Gasteiger partial charge in [-0.15, -0.1) is 11.3 Å². The van der Waals surface area contributed by atoms with Gasteiger partial charge in [0.15, 0.2) is 0 Å². The zero-order chi connectivity index (χ0) is 16.7. The van der Waals surface area contributed by atoms with E-state index >= 15 is 0 Å². The van der Waals surface area contributed by atoms with Crippen molar-refractivity contribution in [2.45, 2.75) is 12.8 Å². The molecule has 0 spiro atoms. The van der Waals surface area contributed by atoms with Crippen molar-refractivity contribution in [1.29, 1.82) is 0 Å². The topological polar surface area (TPSA) is 85.2 Å². The SMILES string of the molecule is NC(=O)c1sc2nc(N3CCCC3)cc(-c3ccccc3)c2c1N. The molecule has 5 nitrogen and oxygen atoms in total. The molecule has 3 heterocycles. The van der Waals surface area contributed by atoms with Crippen LogP contribution in [-0.2, 0) is 0 Å². The van der Waals surface area contributed by atoms with E-state index in [-0.39, 0.29) is 0 Å². The number of hydrogen-bond donors (Lipinski definition) is 2. The Bertz CT molecular complexity index is 914. The summed E-state index contributed by atoms with van der Waals surface area (Å²) in [5.41, 5.74) is 14.2. The van der Waals surface area contributed by atoms with Crippen LogP contribution >= 0.6 is 11.3 Å². The minimum atomic E-state index is -0.503. The molecule has 0 saturated carbocycles. The molecule has 0 unspecified atom stereocenters. The molecule has 1 aliphatic heterocycles. The van der Waals surface area contributed by atoms with Gasteiger partial charge < -0.3 is 16.4 Å². The summed E-state index contributed by atoms with van der Waals surface area (Å²) in [6.45, 7) is 2.02. The molecule has 0 radical (unpaired) electrons. The van der Waals surface area contributed by atoms with Gasteiger partial charge >= 0.3 is 0 Å². The monoisotopic (exact) mass is 338 g/mol. The molecular formula is C18H18N4OS. The van der Waals surface area contributed by atoms with E-state index in [1.54, 1.807) is 0 Å². The highest BCUT2D eigenvalue weighted by atomic mass is 32.1. The van der Waals surface area contributed by atoms with Crippen LogP contribution in [0.1, 0.15) is 22.5 Å². The molecule has 4 N–H and O–H groups in total. The van der Waals surface area contributed by atoms with Crippen LogP contribution in [0.5, 0.6) is 0 Å². The predicted molar refractivity (Wildman–Crippen MR) is 99.4 cm³/mol. The van der Waals surface area contributed by atoms with Crippen molar-refractivity contribution < 1.29 is 4.79 Å². The number of nitrogens with zero attached hydrogens (tertiary/aromatic N) is 2. The Balaban J connectivity index is 2.00. The number of pyridine rings is 1. The summed E-state index contributed by atoms with van der Waals surface area (Å²) >= 11 is 1.28. The molecule has 0 aliphatic carbocycles. The van der Waals surface area contributed by atoms with Crippen molar-refractivity contribution in [2.24, 2.45) is 5.73 Å². The molecule has 1 aliphatic rings. The number of fused-ring (bicyclic) bond motifs is 1. The lowest BCUT2D eigenvalue weighted by molar-refractivity contribution is 0.100. The first-order valence-corrected chi connectivity index (χ1v) is 8.80. The van der Waals surface area contributed by atoms with Gasteiger partial charge in [0, 0.05) is 18.5 Å². The summed E-state index contributed by atoms with van der Waals surface area (Å²) in [5.74, 6) is 0.438. The summed E-state index contributed by atoms with van der Waals surface area (Å²) < 4.78 is 0. The number of aromatic nitrogens is 1. The molecule has 122 valence electrons. The fourth-order valence-corrected chi connectivity index (χ4v) is 4.21. The number of carbonyl (C=O) groups is 1. The van der Waals surface area contributed by atoms with Gasteiger partial charge in [0.2, 0.25) is 0 Å². The van der Waals surface area contributed by atoms with Crippen molar-refractivity contribution in [3.8, 4) is 11.1 Å². The van der Waals surface area contributed by atoms with Crippen molar-refractivity contribution in [3.05, 3.63) is 41.3 Å². The van der Waals surface area contributed by atoms with Gasteiger partial charge in [-0.25, -0.2) is 4.98 Å². The Hall–Kier alpha value is -2.60. The number of hydrogen-bond acceptors (Lipinski definition) is 5. The number of carbonyl (C=O) groups excluding carboxylic acids is 1. The summed E-state index contributed by atoms with van der Waals surface area (Å²) in [5, 5.41) is 0.822. The lowest BCUT2D eigenvalue weighted by Gasteiger charge is -2.18. The van der Waals surface area contributed by atoms with Crippen molar-refractivity contribution >= 4 is 39.0 Å². The first kappa shape index (κ1) is 15.0. The third-order valence-electron chi connectivity index (χ3n) is 4.42. The Morgan fingerprint density at radius 3 is 2.54 bits per heavy atom. The molecule has 3 aromatic rings. The van der Waals surface area contributed by atoms with Crippen LogP contribution in [0.4, 0.5) is 11.5 Å². The van der Waals surface area contributed by atoms with E-state index in [1.165, 1.54) is 24.2 Å². The van der Waals surface area contributed by atoms with E-state index in [0.717, 1.165) is 40.3 Å². The zero-order valence-corrected chi connectivity index (χ0v) is 14.0. The average Bonchev–Trinajstić information content (AvgIpc) is 3.23. The number of nitrogen functional groups attached to an aromatic ring is 1. The molecule has 1 aromatic carbocycles. The maximum Gasteiger partial charge on any atom is 0.260 e. The van der Waals surface area contributed by atoms with Gasteiger partial charge in [0.25, 0.3) is 5.91 Å². The van der Waals surface area contributed by atoms with Crippen molar-refractivity contribution in [1.82, 2.24) is 4.98 Å². The third kappa shape index (κ3) is 2.39. The van der Waals surface area contributed by atoms with Gasteiger partial charge in [0.05, 0.1) is 5.69 Å². The zero-order valence-electron chi connectivity index (χ0n) is 13.2. The molecule has 0 atom stereocenters.